The van der Waals surface area contributed by atoms with Crippen LogP contribution in [0.3, 0.4) is 0 Å². The van der Waals surface area contributed by atoms with Crippen LogP contribution < -0.4 is 10.3 Å². The Morgan fingerprint density at radius 1 is 1.26 bits per heavy atom. The molecule has 0 amide bonds. The van der Waals surface area contributed by atoms with Gasteiger partial charge in [-0.05, 0) is 23.4 Å². The van der Waals surface area contributed by atoms with E-state index in [1.807, 2.05) is 30.3 Å². The molecule has 0 saturated carbocycles. The number of aromatic nitrogens is 1. The zero-order chi connectivity index (χ0) is 16.4. The molecular weight excluding hydrogens is 314 g/mol. The van der Waals surface area contributed by atoms with Gasteiger partial charge >= 0.3 is 5.97 Å². The summed E-state index contributed by atoms with van der Waals surface area (Å²) in [6, 6.07) is 11.6. The van der Waals surface area contributed by atoms with Crippen LogP contribution in [0.1, 0.15) is 15.9 Å². The molecule has 5 nitrogen and oxygen atoms in total. The van der Waals surface area contributed by atoms with Gasteiger partial charge in [-0.2, -0.15) is 0 Å². The van der Waals surface area contributed by atoms with Gasteiger partial charge in [0.25, 0.3) is 5.56 Å². The number of benzene rings is 1. The number of aromatic carboxylic acids is 1. The van der Waals surface area contributed by atoms with Crippen molar-refractivity contribution in [2.24, 2.45) is 0 Å². The summed E-state index contributed by atoms with van der Waals surface area (Å²) in [7, 11) is 1.32. The van der Waals surface area contributed by atoms with E-state index in [2.05, 4.69) is 0 Å². The molecule has 3 aromatic rings. The van der Waals surface area contributed by atoms with Crippen molar-refractivity contribution in [3.63, 3.8) is 0 Å². The fourth-order valence-corrected chi connectivity index (χ4v) is 3.57. The smallest absolute Gasteiger partial charge is 0.341 e. The predicted octanol–water partition coefficient (Wildman–Crippen LogP) is 3.01. The van der Waals surface area contributed by atoms with E-state index in [-0.39, 0.29) is 11.3 Å². The summed E-state index contributed by atoms with van der Waals surface area (Å²) in [6.45, 7) is 0.465. The van der Waals surface area contributed by atoms with Crippen molar-refractivity contribution >= 4 is 27.5 Å². The Hall–Kier alpha value is -2.60. The quantitative estimate of drug-likeness (QED) is 0.781. The molecule has 0 aliphatic heterocycles. The number of rotatable bonds is 5. The van der Waals surface area contributed by atoms with Crippen LogP contribution in [0.4, 0.5) is 0 Å². The molecular formula is C17H15NO4S. The van der Waals surface area contributed by atoms with E-state index in [0.717, 1.165) is 5.56 Å². The van der Waals surface area contributed by atoms with Crippen LogP contribution in [-0.2, 0) is 13.0 Å². The minimum Gasteiger partial charge on any atom is -0.490 e. The van der Waals surface area contributed by atoms with Crippen molar-refractivity contribution < 1.29 is 14.6 Å². The Bertz CT molecular complexity index is 911. The van der Waals surface area contributed by atoms with E-state index in [1.165, 1.54) is 18.4 Å². The highest BCUT2D eigenvalue weighted by molar-refractivity contribution is 7.17. The van der Waals surface area contributed by atoms with E-state index >= 15 is 0 Å². The number of ether oxygens (including phenoxy) is 1. The van der Waals surface area contributed by atoms with Crippen molar-refractivity contribution in [1.82, 2.24) is 4.57 Å². The summed E-state index contributed by atoms with van der Waals surface area (Å²) in [6.07, 6.45) is 0.682. The molecule has 2 aromatic heterocycles. The molecule has 0 spiro atoms. The van der Waals surface area contributed by atoms with Crippen molar-refractivity contribution in [3.05, 3.63) is 63.3 Å². The Labute approximate surface area is 136 Å². The summed E-state index contributed by atoms with van der Waals surface area (Å²) >= 11 is 1.30. The SMILES string of the molecule is COc1c(C(=O)O)c2sccc2n(CCc2ccccc2)c1=O. The third kappa shape index (κ3) is 2.73. The highest BCUT2D eigenvalue weighted by Gasteiger charge is 2.23. The minimum absolute atomic E-state index is 0.0570. The zero-order valence-corrected chi connectivity index (χ0v) is 13.3. The van der Waals surface area contributed by atoms with Crippen LogP contribution >= 0.6 is 11.3 Å². The van der Waals surface area contributed by atoms with E-state index < -0.39 is 11.5 Å². The number of hydrogen-bond donors (Lipinski definition) is 1. The van der Waals surface area contributed by atoms with Crippen molar-refractivity contribution in [3.8, 4) is 5.75 Å². The van der Waals surface area contributed by atoms with Crippen LogP contribution in [0.2, 0.25) is 0 Å². The van der Waals surface area contributed by atoms with Crippen LogP contribution in [0.25, 0.3) is 10.2 Å². The summed E-state index contributed by atoms with van der Waals surface area (Å²) in [5, 5.41) is 11.2. The summed E-state index contributed by atoms with van der Waals surface area (Å²) in [5.41, 5.74) is 1.28. The first kappa shape index (κ1) is 15.3. The number of hydrogen-bond acceptors (Lipinski definition) is 4. The molecule has 23 heavy (non-hydrogen) atoms. The van der Waals surface area contributed by atoms with E-state index in [0.29, 0.717) is 23.2 Å². The van der Waals surface area contributed by atoms with Crippen molar-refractivity contribution in [2.75, 3.05) is 7.11 Å². The summed E-state index contributed by atoms with van der Waals surface area (Å²) < 4.78 is 7.24. The van der Waals surface area contributed by atoms with Crippen LogP contribution in [0.15, 0.2) is 46.6 Å². The lowest BCUT2D eigenvalue weighted by Gasteiger charge is -2.13. The van der Waals surface area contributed by atoms with Crippen LogP contribution in [0, 0.1) is 0 Å². The number of carboxylic acids is 1. The number of carboxylic acid groups (broad SMARTS) is 1. The number of fused-ring (bicyclic) bond motifs is 1. The van der Waals surface area contributed by atoms with E-state index in [1.54, 1.807) is 16.0 Å². The molecule has 0 radical (unpaired) electrons. The lowest BCUT2D eigenvalue weighted by molar-refractivity contribution is 0.0695. The van der Waals surface area contributed by atoms with Gasteiger partial charge in [-0.1, -0.05) is 30.3 Å². The molecule has 2 heterocycles. The topological polar surface area (TPSA) is 68.5 Å². The second-order valence-corrected chi connectivity index (χ2v) is 5.96. The van der Waals surface area contributed by atoms with E-state index in [4.69, 9.17) is 4.74 Å². The lowest BCUT2D eigenvalue weighted by Crippen LogP contribution is -2.25. The number of thiophene rings is 1. The minimum atomic E-state index is -1.15. The Kier molecular flexibility index (Phi) is 4.16. The van der Waals surface area contributed by atoms with Gasteiger partial charge in [0.15, 0.2) is 5.75 Å². The Balaban J connectivity index is 2.12. The van der Waals surface area contributed by atoms with Gasteiger partial charge in [0.1, 0.15) is 5.56 Å². The van der Waals surface area contributed by atoms with Gasteiger partial charge in [0.05, 0.1) is 17.3 Å². The maximum Gasteiger partial charge on any atom is 0.341 e. The first-order valence-electron chi connectivity index (χ1n) is 7.08. The molecule has 0 saturated heterocycles. The summed E-state index contributed by atoms with van der Waals surface area (Å²) in [5.74, 6) is -1.26. The first-order valence-corrected chi connectivity index (χ1v) is 7.96. The van der Waals surface area contributed by atoms with Crippen LogP contribution in [-0.4, -0.2) is 22.8 Å². The number of nitrogens with zero attached hydrogens (tertiary/aromatic N) is 1. The number of pyridine rings is 1. The maximum absolute atomic E-state index is 12.6. The van der Waals surface area contributed by atoms with Crippen LogP contribution in [0.5, 0.6) is 5.75 Å². The average Bonchev–Trinajstić information content (AvgIpc) is 3.02. The molecule has 0 fully saturated rings. The second-order valence-electron chi connectivity index (χ2n) is 5.04. The van der Waals surface area contributed by atoms with E-state index in [9.17, 15) is 14.7 Å². The fourth-order valence-electron chi connectivity index (χ4n) is 2.64. The standard InChI is InChI=1S/C17H15NO4S/c1-22-14-13(17(20)21)15-12(8-10-23-15)18(16(14)19)9-7-11-5-3-2-4-6-11/h2-6,8,10H,7,9H2,1H3,(H,20,21). The molecule has 118 valence electrons. The second kappa shape index (κ2) is 6.26. The predicted molar refractivity (Wildman–Crippen MR) is 89.7 cm³/mol. The number of aryl methyl sites for hydroxylation is 2. The average molecular weight is 329 g/mol. The highest BCUT2D eigenvalue weighted by Crippen LogP contribution is 2.29. The number of methoxy groups -OCH3 is 1. The number of carbonyl (C=O) groups is 1. The Morgan fingerprint density at radius 3 is 2.65 bits per heavy atom. The molecule has 0 aliphatic carbocycles. The molecule has 6 heteroatoms. The first-order chi connectivity index (χ1) is 11.1. The molecule has 1 aromatic carbocycles. The molecule has 0 bridgehead atoms. The van der Waals surface area contributed by atoms with Gasteiger partial charge in [0, 0.05) is 6.54 Å². The fraction of sp³-hybridized carbons (Fsp3) is 0.176. The van der Waals surface area contributed by atoms with Gasteiger partial charge < -0.3 is 14.4 Å². The third-order valence-corrected chi connectivity index (χ3v) is 4.63. The lowest BCUT2D eigenvalue weighted by atomic mass is 10.1. The molecule has 0 atom stereocenters. The highest BCUT2D eigenvalue weighted by atomic mass is 32.1. The monoisotopic (exact) mass is 329 g/mol. The maximum atomic E-state index is 12.6. The zero-order valence-electron chi connectivity index (χ0n) is 12.5. The molecule has 1 N–H and O–H groups in total. The van der Waals surface area contributed by atoms with Gasteiger partial charge in [0.2, 0.25) is 0 Å². The third-order valence-electron chi connectivity index (χ3n) is 3.71. The molecule has 0 unspecified atom stereocenters. The molecule has 0 aliphatic rings. The van der Waals surface area contributed by atoms with Crippen molar-refractivity contribution in [1.29, 1.82) is 0 Å². The van der Waals surface area contributed by atoms with Gasteiger partial charge in [-0.25, -0.2) is 4.79 Å². The molecule has 3 rings (SSSR count). The Morgan fingerprint density at radius 2 is 2.00 bits per heavy atom. The van der Waals surface area contributed by atoms with Gasteiger partial charge in [-0.15, -0.1) is 11.3 Å². The van der Waals surface area contributed by atoms with Gasteiger partial charge in [-0.3, -0.25) is 4.79 Å². The summed E-state index contributed by atoms with van der Waals surface area (Å²) in [4.78, 5) is 24.2. The van der Waals surface area contributed by atoms with Crippen molar-refractivity contribution in [2.45, 2.75) is 13.0 Å². The normalized spacial score (nSPS) is 10.8. The largest absolute Gasteiger partial charge is 0.490 e.